The molecule has 4 aromatic rings. The first-order valence-corrected chi connectivity index (χ1v) is 9.47. The van der Waals surface area contributed by atoms with Gasteiger partial charge in [-0.2, -0.15) is 10.4 Å². The Kier molecular flexibility index (Phi) is 5.54. The molecule has 0 aliphatic carbocycles. The summed E-state index contributed by atoms with van der Waals surface area (Å²) in [6.45, 7) is 0. The number of nitrogens with zero attached hydrogens (tertiary/aromatic N) is 3. The van der Waals surface area contributed by atoms with Crippen molar-refractivity contribution >= 4 is 11.8 Å². The molecule has 3 aromatic carbocycles. The van der Waals surface area contributed by atoms with E-state index >= 15 is 0 Å². The van der Waals surface area contributed by atoms with Crippen molar-refractivity contribution < 1.29 is 9.59 Å². The summed E-state index contributed by atoms with van der Waals surface area (Å²) in [5, 5.41) is 13.4. The first-order chi connectivity index (χ1) is 15.2. The summed E-state index contributed by atoms with van der Waals surface area (Å²) in [6, 6.07) is 26.9. The average molecular weight is 407 g/mol. The van der Waals surface area contributed by atoms with Crippen LogP contribution in [0.5, 0.6) is 0 Å². The third kappa shape index (κ3) is 4.33. The number of hydrogen-bond donors (Lipinski definition) is 2. The minimum atomic E-state index is -0.497. The van der Waals surface area contributed by atoms with Crippen molar-refractivity contribution in [3.8, 4) is 23.0 Å². The monoisotopic (exact) mass is 407 g/mol. The molecule has 7 nitrogen and oxygen atoms in total. The van der Waals surface area contributed by atoms with Gasteiger partial charge in [0, 0.05) is 17.3 Å². The van der Waals surface area contributed by atoms with Gasteiger partial charge in [-0.1, -0.05) is 48.5 Å². The highest BCUT2D eigenvalue weighted by Gasteiger charge is 2.19. The van der Waals surface area contributed by atoms with Crippen LogP contribution in [0.3, 0.4) is 0 Å². The van der Waals surface area contributed by atoms with Gasteiger partial charge in [0.15, 0.2) is 0 Å². The maximum Gasteiger partial charge on any atom is 0.273 e. The van der Waals surface area contributed by atoms with E-state index in [2.05, 4.69) is 16.0 Å². The molecule has 0 radical (unpaired) electrons. The quantitative estimate of drug-likeness (QED) is 0.506. The largest absolute Gasteiger partial charge is 0.273 e. The lowest BCUT2D eigenvalue weighted by molar-refractivity contribution is 0.0847. The summed E-state index contributed by atoms with van der Waals surface area (Å²) in [4.78, 5) is 25.2. The highest BCUT2D eigenvalue weighted by molar-refractivity contribution is 6.02. The van der Waals surface area contributed by atoms with E-state index in [4.69, 9.17) is 5.26 Å². The molecule has 0 fully saturated rings. The van der Waals surface area contributed by atoms with Crippen LogP contribution in [0.15, 0.2) is 91.1 Å². The minimum Gasteiger partial charge on any atom is -0.267 e. The van der Waals surface area contributed by atoms with Gasteiger partial charge in [-0.15, -0.1) is 0 Å². The number of carbonyl (C=O) groups is 2. The second kappa shape index (κ2) is 8.76. The average Bonchev–Trinajstić information content (AvgIpc) is 3.29. The fraction of sp³-hybridized carbons (Fsp3) is 0. The lowest BCUT2D eigenvalue weighted by Gasteiger charge is -2.07. The number of nitrogens with one attached hydrogen (secondary N) is 2. The maximum absolute atomic E-state index is 12.9. The van der Waals surface area contributed by atoms with Crippen LogP contribution in [0.1, 0.15) is 26.3 Å². The van der Waals surface area contributed by atoms with Crippen LogP contribution in [-0.4, -0.2) is 21.6 Å². The molecule has 0 bridgehead atoms. The van der Waals surface area contributed by atoms with Crippen molar-refractivity contribution in [1.82, 2.24) is 20.6 Å². The van der Waals surface area contributed by atoms with Gasteiger partial charge in [0.1, 0.15) is 5.69 Å². The number of rotatable bonds is 4. The minimum absolute atomic E-state index is 0.315. The number of benzene rings is 3. The van der Waals surface area contributed by atoms with Gasteiger partial charge in [0.25, 0.3) is 11.8 Å². The molecular weight excluding hydrogens is 390 g/mol. The molecule has 0 saturated heterocycles. The van der Waals surface area contributed by atoms with Crippen molar-refractivity contribution in [2.24, 2.45) is 0 Å². The molecule has 0 saturated carbocycles. The van der Waals surface area contributed by atoms with Crippen molar-refractivity contribution in [3.63, 3.8) is 0 Å². The molecule has 1 heterocycles. The molecule has 0 unspecified atom stereocenters. The summed E-state index contributed by atoms with van der Waals surface area (Å²) >= 11 is 0. The Morgan fingerprint density at radius 1 is 0.806 bits per heavy atom. The number of nitriles is 1. The fourth-order valence-corrected chi connectivity index (χ4v) is 3.01. The van der Waals surface area contributed by atoms with E-state index in [9.17, 15) is 9.59 Å². The van der Waals surface area contributed by atoms with Crippen LogP contribution in [0.2, 0.25) is 0 Å². The maximum atomic E-state index is 12.9. The number of para-hydroxylation sites is 1. The number of carbonyl (C=O) groups excluding carboxylic acids is 2. The molecule has 0 spiro atoms. The fourth-order valence-electron chi connectivity index (χ4n) is 3.01. The summed E-state index contributed by atoms with van der Waals surface area (Å²) in [5.74, 6) is -0.988. The van der Waals surface area contributed by atoms with E-state index in [-0.39, 0.29) is 0 Å². The zero-order valence-corrected chi connectivity index (χ0v) is 16.3. The van der Waals surface area contributed by atoms with Crippen LogP contribution in [0, 0.1) is 11.3 Å². The van der Waals surface area contributed by atoms with Crippen LogP contribution >= 0.6 is 0 Å². The van der Waals surface area contributed by atoms with E-state index in [1.54, 1.807) is 10.9 Å². The van der Waals surface area contributed by atoms with Gasteiger partial charge in [-0.3, -0.25) is 20.4 Å². The topological polar surface area (TPSA) is 99.8 Å². The first-order valence-electron chi connectivity index (χ1n) is 9.47. The van der Waals surface area contributed by atoms with Gasteiger partial charge in [0.2, 0.25) is 0 Å². The highest BCUT2D eigenvalue weighted by Crippen LogP contribution is 2.23. The molecule has 0 aliphatic rings. The molecule has 2 N–H and O–H groups in total. The number of aromatic nitrogens is 2. The zero-order valence-electron chi connectivity index (χ0n) is 16.3. The first kappa shape index (κ1) is 19.6. The molecule has 0 aliphatic heterocycles. The summed E-state index contributed by atoms with van der Waals surface area (Å²) in [7, 11) is 0. The lowest BCUT2D eigenvalue weighted by Crippen LogP contribution is -2.41. The molecule has 2 amide bonds. The third-order valence-corrected chi connectivity index (χ3v) is 4.59. The van der Waals surface area contributed by atoms with Gasteiger partial charge in [-0.05, 0) is 36.4 Å². The number of amides is 2. The predicted molar refractivity (Wildman–Crippen MR) is 115 cm³/mol. The molecular formula is C24H17N5O2. The lowest BCUT2D eigenvalue weighted by atomic mass is 10.1. The molecule has 1 aromatic heterocycles. The van der Waals surface area contributed by atoms with Crippen LogP contribution < -0.4 is 10.9 Å². The SMILES string of the molecule is N#Cc1ccc(C(=O)NNC(=O)c2cn(-c3ccccc3)nc2-c2ccccc2)cc1. The van der Waals surface area contributed by atoms with Gasteiger partial charge >= 0.3 is 0 Å². The number of hydrogen-bond acceptors (Lipinski definition) is 4. The Balaban J connectivity index is 1.58. The van der Waals surface area contributed by atoms with Gasteiger partial charge < -0.3 is 0 Å². The van der Waals surface area contributed by atoms with Gasteiger partial charge in [0.05, 0.1) is 22.9 Å². The van der Waals surface area contributed by atoms with Crippen molar-refractivity contribution in [2.75, 3.05) is 0 Å². The Bertz CT molecular complexity index is 1260. The van der Waals surface area contributed by atoms with E-state index in [0.29, 0.717) is 22.4 Å². The van der Waals surface area contributed by atoms with Crippen molar-refractivity contribution in [1.29, 1.82) is 5.26 Å². The van der Waals surface area contributed by atoms with Gasteiger partial charge in [-0.25, -0.2) is 4.68 Å². The van der Waals surface area contributed by atoms with Crippen LogP contribution in [0.4, 0.5) is 0 Å². The Hall–Kier alpha value is -4.70. The van der Waals surface area contributed by atoms with Crippen molar-refractivity contribution in [3.05, 3.63) is 108 Å². The van der Waals surface area contributed by atoms with Crippen LogP contribution in [-0.2, 0) is 0 Å². The third-order valence-electron chi connectivity index (χ3n) is 4.59. The smallest absolute Gasteiger partial charge is 0.267 e. The standard InChI is InChI=1S/C24H17N5O2/c25-15-17-11-13-19(14-12-17)23(30)26-27-24(31)21-16-29(20-9-5-2-6-10-20)28-22(21)18-7-3-1-4-8-18/h1-14,16H,(H,26,30)(H,27,31). The number of hydrazine groups is 1. The highest BCUT2D eigenvalue weighted by atomic mass is 16.2. The second-order valence-corrected chi connectivity index (χ2v) is 6.63. The predicted octanol–water partition coefficient (Wildman–Crippen LogP) is 3.49. The summed E-state index contributed by atoms with van der Waals surface area (Å²) in [5.41, 5.74) is 8.01. The van der Waals surface area contributed by atoms with Crippen LogP contribution in [0.25, 0.3) is 16.9 Å². The molecule has 31 heavy (non-hydrogen) atoms. The Morgan fingerprint density at radius 3 is 2.06 bits per heavy atom. The van der Waals surface area contributed by atoms with E-state index in [0.717, 1.165) is 11.3 Å². The van der Waals surface area contributed by atoms with Crippen molar-refractivity contribution in [2.45, 2.75) is 0 Å². The Morgan fingerprint density at radius 2 is 1.42 bits per heavy atom. The molecule has 0 atom stereocenters. The Labute approximate surface area is 178 Å². The van der Waals surface area contributed by atoms with E-state index in [1.165, 1.54) is 24.3 Å². The summed E-state index contributed by atoms with van der Waals surface area (Å²) < 4.78 is 1.62. The molecule has 4 rings (SSSR count). The van der Waals surface area contributed by atoms with E-state index < -0.39 is 11.8 Å². The molecule has 7 heteroatoms. The summed E-state index contributed by atoms with van der Waals surface area (Å²) in [6.07, 6.45) is 1.63. The normalized spacial score (nSPS) is 10.2. The molecule has 150 valence electrons. The van der Waals surface area contributed by atoms with E-state index in [1.807, 2.05) is 66.7 Å². The second-order valence-electron chi connectivity index (χ2n) is 6.63. The zero-order chi connectivity index (χ0) is 21.6.